The van der Waals surface area contributed by atoms with E-state index in [4.69, 9.17) is 0 Å². The van der Waals surface area contributed by atoms with E-state index in [0.29, 0.717) is 12.1 Å². The number of carbonyl (C=O) groups is 2. The highest BCUT2D eigenvalue weighted by Gasteiger charge is 2.33. The summed E-state index contributed by atoms with van der Waals surface area (Å²) >= 11 is 0. The van der Waals surface area contributed by atoms with Crippen LogP contribution in [-0.4, -0.2) is 23.5 Å². The lowest BCUT2D eigenvalue weighted by Gasteiger charge is -2.35. The van der Waals surface area contributed by atoms with Crippen LogP contribution in [0.15, 0.2) is 18.2 Å². The van der Waals surface area contributed by atoms with Crippen LogP contribution in [0.1, 0.15) is 41.6 Å². The third kappa shape index (κ3) is 2.01. The Bertz CT molecular complexity index is 534. The molecule has 2 aliphatic rings. The number of benzene rings is 1. The van der Waals surface area contributed by atoms with Crippen molar-refractivity contribution in [1.29, 1.82) is 0 Å². The highest BCUT2D eigenvalue weighted by Crippen LogP contribution is 2.35. The molecule has 0 saturated heterocycles. The molecule has 3 rings (SSSR count). The summed E-state index contributed by atoms with van der Waals surface area (Å²) in [5, 5.41) is 9.23. The van der Waals surface area contributed by atoms with Gasteiger partial charge in [-0.3, -0.25) is 4.79 Å². The molecule has 1 saturated carbocycles. The van der Waals surface area contributed by atoms with E-state index in [9.17, 15) is 14.7 Å². The maximum atomic E-state index is 12.4. The Balaban J connectivity index is 1.97. The molecule has 4 heteroatoms. The molecule has 1 aliphatic carbocycles. The number of carbonyl (C=O) groups excluding carboxylic acids is 1. The average Bonchev–Trinajstić information content (AvgIpc) is 2.35. The first-order chi connectivity index (χ1) is 9.18. The SMILES string of the molecule is O=C(O)c1cccc2c1CCCN2C(=O)C1CCC1. The first kappa shape index (κ1) is 12.2. The number of carboxylic acids is 1. The molecule has 1 N–H and O–H groups in total. The van der Waals surface area contributed by atoms with E-state index in [-0.39, 0.29) is 11.8 Å². The van der Waals surface area contributed by atoms with E-state index in [2.05, 4.69) is 0 Å². The molecule has 0 radical (unpaired) electrons. The molecule has 4 nitrogen and oxygen atoms in total. The summed E-state index contributed by atoms with van der Waals surface area (Å²) in [4.78, 5) is 25.5. The average molecular weight is 259 g/mol. The quantitative estimate of drug-likeness (QED) is 0.887. The molecular weight excluding hydrogens is 242 g/mol. The number of fused-ring (bicyclic) bond motifs is 1. The van der Waals surface area contributed by atoms with Gasteiger partial charge in [-0.1, -0.05) is 12.5 Å². The van der Waals surface area contributed by atoms with Crippen LogP contribution in [0.2, 0.25) is 0 Å². The predicted molar refractivity (Wildman–Crippen MR) is 71.4 cm³/mol. The molecule has 0 unspecified atom stereocenters. The van der Waals surface area contributed by atoms with Crippen molar-refractivity contribution in [3.05, 3.63) is 29.3 Å². The molecule has 0 aromatic heterocycles. The monoisotopic (exact) mass is 259 g/mol. The Labute approximate surface area is 112 Å². The van der Waals surface area contributed by atoms with Gasteiger partial charge in [0.05, 0.1) is 5.56 Å². The molecule has 1 fully saturated rings. The van der Waals surface area contributed by atoms with Crippen LogP contribution < -0.4 is 4.90 Å². The van der Waals surface area contributed by atoms with Crippen LogP contribution in [0.4, 0.5) is 5.69 Å². The summed E-state index contributed by atoms with van der Waals surface area (Å²) in [7, 11) is 0. The zero-order valence-electron chi connectivity index (χ0n) is 10.8. The van der Waals surface area contributed by atoms with Gasteiger partial charge in [-0.25, -0.2) is 4.79 Å². The van der Waals surface area contributed by atoms with Gasteiger partial charge in [0.15, 0.2) is 0 Å². The van der Waals surface area contributed by atoms with Gasteiger partial charge in [-0.2, -0.15) is 0 Å². The largest absolute Gasteiger partial charge is 0.478 e. The fraction of sp³-hybridized carbons (Fsp3) is 0.467. The molecule has 0 atom stereocenters. The Kier molecular flexibility index (Phi) is 3.01. The second-order valence-electron chi connectivity index (χ2n) is 5.33. The molecule has 1 amide bonds. The minimum Gasteiger partial charge on any atom is -0.478 e. The van der Waals surface area contributed by atoms with Crippen LogP contribution in [0, 0.1) is 5.92 Å². The Morgan fingerprint density at radius 1 is 1.21 bits per heavy atom. The molecule has 0 spiro atoms. The maximum absolute atomic E-state index is 12.4. The van der Waals surface area contributed by atoms with Crippen LogP contribution in [0.25, 0.3) is 0 Å². The third-order valence-corrected chi connectivity index (χ3v) is 4.20. The first-order valence-corrected chi connectivity index (χ1v) is 6.85. The predicted octanol–water partition coefficient (Wildman–Crippen LogP) is 2.46. The number of hydrogen-bond donors (Lipinski definition) is 1. The molecule has 1 heterocycles. The zero-order valence-corrected chi connectivity index (χ0v) is 10.8. The highest BCUT2D eigenvalue weighted by molar-refractivity contribution is 5.99. The fourth-order valence-electron chi connectivity index (χ4n) is 2.93. The second kappa shape index (κ2) is 4.68. The molecule has 0 bridgehead atoms. The van der Waals surface area contributed by atoms with E-state index in [1.54, 1.807) is 17.0 Å². The van der Waals surface area contributed by atoms with Gasteiger partial charge in [0.25, 0.3) is 0 Å². The third-order valence-electron chi connectivity index (χ3n) is 4.20. The van der Waals surface area contributed by atoms with Crippen LogP contribution >= 0.6 is 0 Å². The maximum Gasteiger partial charge on any atom is 0.336 e. The number of anilines is 1. The zero-order chi connectivity index (χ0) is 13.4. The lowest BCUT2D eigenvalue weighted by molar-refractivity contribution is -0.124. The van der Waals surface area contributed by atoms with Crippen molar-refractivity contribution in [2.24, 2.45) is 5.92 Å². The van der Waals surface area contributed by atoms with Crippen LogP contribution in [0.3, 0.4) is 0 Å². The van der Waals surface area contributed by atoms with Crippen LogP contribution in [-0.2, 0) is 11.2 Å². The molecular formula is C15H17NO3. The number of amides is 1. The van der Waals surface area contributed by atoms with E-state index in [1.807, 2.05) is 6.07 Å². The van der Waals surface area contributed by atoms with Crippen molar-refractivity contribution in [3.63, 3.8) is 0 Å². The minimum atomic E-state index is -0.908. The Hall–Kier alpha value is -1.84. The standard InChI is InChI=1S/C15H17NO3/c17-14(10-4-1-5-10)16-9-3-7-11-12(15(18)19)6-2-8-13(11)16/h2,6,8,10H,1,3-5,7,9H2,(H,18,19). The number of nitrogens with zero attached hydrogens (tertiary/aromatic N) is 1. The molecule has 1 aromatic carbocycles. The molecule has 1 aromatic rings. The highest BCUT2D eigenvalue weighted by atomic mass is 16.4. The van der Waals surface area contributed by atoms with Gasteiger partial charge in [0.2, 0.25) is 5.91 Å². The van der Waals surface area contributed by atoms with Crippen molar-refractivity contribution in [3.8, 4) is 0 Å². The minimum absolute atomic E-state index is 0.152. The van der Waals surface area contributed by atoms with E-state index in [1.165, 1.54) is 0 Å². The van der Waals surface area contributed by atoms with Crippen molar-refractivity contribution in [2.75, 3.05) is 11.4 Å². The first-order valence-electron chi connectivity index (χ1n) is 6.85. The van der Waals surface area contributed by atoms with Crippen molar-refractivity contribution in [1.82, 2.24) is 0 Å². The number of rotatable bonds is 2. The molecule has 100 valence electrons. The summed E-state index contributed by atoms with van der Waals surface area (Å²) in [5.41, 5.74) is 1.96. The summed E-state index contributed by atoms with van der Waals surface area (Å²) in [6.45, 7) is 0.714. The second-order valence-corrected chi connectivity index (χ2v) is 5.33. The Morgan fingerprint density at radius 2 is 2.00 bits per heavy atom. The summed E-state index contributed by atoms with van der Waals surface area (Å²) in [5.74, 6) is -0.580. The van der Waals surface area contributed by atoms with Crippen molar-refractivity contribution < 1.29 is 14.7 Å². The van der Waals surface area contributed by atoms with Crippen molar-refractivity contribution >= 4 is 17.6 Å². The smallest absolute Gasteiger partial charge is 0.336 e. The van der Waals surface area contributed by atoms with E-state index in [0.717, 1.165) is 43.4 Å². The molecule has 19 heavy (non-hydrogen) atoms. The lowest BCUT2D eigenvalue weighted by Crippen LogP contribution is -2.42. The number of carboxylic acid groups (broad SMARTS) is 1. The fourth-order valence-corrected chi connectivity index (χ4v) is 2.93. The van der Waals surface area contributed by atoms with E-state index >= 15 is 0 Å². The van der Waals surface area contributed by atoms with Gasteiger partial charge in [-0.05, 0) is 43.4 Å². The lowest BCUT2D eigenvalue weighted by atomic mass is 9.83. The van der Waals surface area contributed by atoms with E-state index < -0.39 is 5.97 Å². The normalized spacial score (nSPS) is 18.6. The van der Waals surface area contributed by atoms with Crippen LogP contribution in [0.5, 0.6) is 0 Å². The summed E-state index contributed by atoms with van der Waals surface area (Å²) < 4.78 is 0. The van der Waals surface area contributed by atoms with Gasteiger partial charge in [-0.15, -0.1) is 0 Å². The topological polar surface area (TPSA) is 57.6 Å². The van der Waals surface area contributed by atoms with Crippen molar-refractivity contribution in [2.45, 2.75) is 32.1 Å². The summed E-state index contributed by atoms with van der Waals surface area (Å²) in [6, 6.07) is 5.23. The summed E-state index contributed by atoms with van der Waals surface area (Å²) in [6.07, 6.45) is 4.67. The van der Waals surface area contributed by atoms with Gasteiger partial charge in [0.1, 0.15) is 0 Å². The Morgan fingerprint density at radius 3 is 2.63 bits per heavy atom. The number of hydrogen-bond acceptors (Lipinski definition) is 2. The van der Waals surface area contributed by atoms with Gasteiger partial charge in [0, 0.05) is 18.2 Å². The molecule has 1 aliphatic heterocycles. The van der Waals surface area contributed by atoms with Gasteiger partial charge >= 0.3 is 5.97 Å². The number of aromatic carboxylic acids is 1. The van der Waals surface area contributed by atoms with Gasteiger partial charge < -0.3 is 10.0 Å².